The van der Waals surface area contributed by atoms with Gasteiger partial charge in [-0.3, -0.25) is 4.79 Å². The van der Waals surface area contributed by atoms with Gasteiger partial charge in [0.05, 0.1) is 5.56 Å². The maximum absolute atomic E-state index is 12.9. The van der Waals surface area contributed by atoms with Gasteiger partial charge in [-0.2, -0.15) is 13.2 Å². The average Bonchev–Trinajstić information content (AvgIpc) is 2.60. The van der Waals surface area contributed by atoms with E-state index in [2.05, 4.69) is 5.32 Å². The Kier molecular flexibility index (Phi) is 6.08. The highest BCUT2D eigenvalue weighted by Crippen LogP contribution is 2.32. The lowest BCUT2D eigenvalue weighted by Crippen LogP contribution is -2.38. The van der Waals surface area contributed by atoms with Gasteiger partial charge in [-0.1, -0.05) is 62.4 Å². The first-order chi connectivity index (χ1) is 12.1. The minimum atomic E-state index is -4.39. The molecule has 0 radical (unpaired) electrons. The summed E-state index contributed by atoms with van der Waals surface area (Å²) in [4.78, 5) is 12.2. The van der Waals surface area contributed by atoms with Crippen molar-refractivity contribution in [3.63, 3.8) is 0 Å². The number of amides is 1. The van der Waals surface area contributed by atoms with Crippen molar-refractivity contribution in [1.82, 2.24) is 5.32 Å². The number of carbonyl (C=O) groups excluding carboxylic acids is 1. The molecule has 2 aromatic rings. The molecule has 140 valence electrons. The molecule has 1 atom stereocenters. The van der Waals surface area contributed by atoms with Crippen LogP contribution in [0.25, 0.3) is 0 Å². The van der Waals surface area contributed by atoms with E-state index in [4.69, 9.17) is 5.73 Å². The van der Waals surface area contributed by atoms with Gasteiger partial charge in [0.15, 0.2) is 0 Å². The summed E-state index contributed by atoms with van der Waals surface area (Å²) in [7, 11) is 0. The van der Waals surface area contributed by atoms with Gasteiger partial charge in [0.2, 0.25) is 5.91 Å². The van der Waals surface area contributed by atoms with Crippen LogP contribution < -0.4 is 11.1 Å². The second-order valence-electron chi connectivity index (χ2n) is 6.96. The summed E-state index contributed by atoms with van der Waals surface area (Å²) in [5, 5.41) is 2.78. The Morgan fingerprint density at radius 2 is 1.65 bits per heavy atom. The van der Waals surface area contributed by atoms with Gasteiger partial charge < -0.3 is 11.1 Å². The molecule has 1 amide bonds. The normalized spacial score (nSPS) is 13.3. The fourth-order valence-electron chi connectivity index (χ4n) is 2.63. The van der Waals surface area contributed by atoms with E-state index in [-0.39, 0.29) is 18.9 Å². The third-order valence-electron chi connectivity index (χ3n) is 4.33. The zero-order chi connectivity index (χ0) is 19.4. The van der Waals surface area contributed by atoms with E-state index in [1.54, 1.807) is 19.9 Å². The van der Waals surface area contributed by atoms with Crippen molar-refractivity contribution in [3.8, 4) is 0 Å². The largest absolute Gasteiger partial charge is 0.416 e. The van der Waals surface area contributed by atoms with Crippen LogP contribution in [0.4, 0.5) is 13.2 Å². The van der Waals surface area contributed by atoms with Crippen LogP contribution in [0.5, 0.6) is 0 Å². The maximum Gasteiger partial charge on any atom is 0.416 e. The smallest absolute Gasteiger partial charge is 0.355 e. The van der Waals surface area contributed by atoms with Crippen molar-refractivity contribution in [2.45, 2.75) is 37.9 Å². The van der Waals surface area contributed by atoms with Crippen molar-refractivity contribution in [3.05, 3.63) is 71.3 Å². The summed E-state index contributed by atoms with van der Waals surface area (Å²) in [6.07, 6.45) is -4.28. The Morgan fingerprint density at radius 3 is 2.27 bits per heavy atom. The molecule has 0 heterocycles. The lowest BCUT2D eigenvalue weighted by molar-refractivity contribution is -0.137. The Labute approximate surface area is 151 Å². The summed E-state index contributed by atoms with van der Waals surface area (Å²) in [5.41, 5.74) is 6.06. The molecule has 1 unspecified atom stereocenters. The molecule has 0 saturated heterocycles. The first kappa shape index (κ1) is 20.0. The van der Waals surface area contributed by atoms with E-state index in [0.717, 1.165) is 17.7 Å². The molecule has 6 heteroatoms. The summed E-state index contributed by atoms with van der Waals surface area (Å²) in [6.45, 7) is 3.80. The van der Waals surface area contributed by atoms with Crippen molar-refractivity contribution in [1.29, 1.82) is 0 Å². The predicted octanol–water partition coefficient (Wildman–Crippen LogP) is 4.19. The van der Waals surface area contributed by atoms with Crippen LogP contribution in [0.3, 0.4) is 0 Å². The zero-order valence-electron chi connectivity index (χ0n) is 14.8. The second kappa shape index (κ2) is 7.91. The molecule has 0 aliphatic rings. The van der Waals surface area contributed by atoms with E-state index in [1.807, 2.05) is 30.3 Å². The van der Waals surface area contributed by atoms with Crippen LogP contribution in [-0.4, -0.2) is 12.5 Å². The van der Waals surface area contributed by atoms with Crippen LogP contribution in [0.1, 0.15) is 43.0 Å². The number of nitrogens with two attached hydrogens (primary N) is 1. The molecule has 0 fully saturated rings. The Balaban J connectivity index is 1.98. The topological polar surface area (TPSA) is 55.1 Å². The Morgan fingerprint density at radius 1 is 1.04 bits per heavy atom. The molecule has 0 aromatic heterocycles. The van der Waals surface area contributed by atoms with Crippen molar-refractivity contribution >= 4 is 5.91 Å². The molecular formula is C20H23F3N2O. The molecule has 2 rings (SSSR count). The molecule has 26 heavy (non-hydrogen) atoms. The molecule has 0 aliphatic heterocycles. The fraction of sp³-hybridized carbons (Fsp3) is 0.350. The van der Waals surface area contributed by atoms with E-state index < -0.39 is 23.2 Å². The van der Waals surface area contributed by atoms with Gasteiger partial charge >= 0.3 is 6.18 Å². The second-order valence-corrected chi connectivity index (χ2v) is 6.96. The maximum atomic E-state index is 12.9. The number of halogens is 3. The van der Waals surface area contributed by atoms with Crippen LogP contribution in [-0.2, 0) is 16.4 Å². The highest BCUT2D eigenvalue weighted by atomic mass is 19.4. The van der Waals surface area contributed by atoms with Gasteiger partial charge in [0.25, 0.3) is 0 Å². The first-order valence-corrected chi connectivity index (χ1v) is 8.34. The number of hydrogen-bond donors (Lipinski definition) is 2. The molecule has 3 N–H and O–H groups in total. The van der Waals surface area contributed by atoms with Gasteiger partial charge in [-0.05, 0) is 17.2 Å². The van der Waals surface area contributed by atoms with E-state index >= 15 is 0 Å². The Bertz CT molecular complexity index is 742. The summed E-state index contributed by atoms with van der Waals surface area (Å²) < 4.78 is 38.7. The number of alkyl halides is 3. The number of nitrogens with one attached hydrogen (secondary N) is 1. The molecule has 0 spiro atoms. The highest BCUT2D eigenvalue weighted by molar-refractivity contribution is 5.76. The van der Waals surface area contributed by atoms with Crippen LogP contribution >= 0.6 is 0 Å². The fourth-order valence-corrected chi connectivity index (χ4v) is 2.63. The van der Waals surface area contributed by atoms with Crippen molar-refractivity contribution in [2.75, 3.05) is 6.54 Å². The number of benzene rings is 2. The van der Waals surface area contributed by atoms with Crippen LogP contribution in [0.15, 0.2) is 54.6 Å². The quantitative estimate of drug-likeness (QED) is 0.808. The Hall–Kier alpha value is -2.34. The minimum absolute atomic E-state index is 0.114. The van der Waals surface area contributed by atoms with Gasteiger partial charge in [0.1, 0.15) is 0 Å². The molecule has 0 saturated carbocycles. The number of carbonyl (C=O) groups is 1. The standard InChI is InChI=1S/C20H23F3N2O/c1-19(2,15-9-6-10-16(11-15)20(21,22)23)13-25-18(26)12-17(24)14-7-4-3-5-8-14/h3-11,17H,12-13,24H2,1-2H3,(H,25,26). The molecule has 0 bridgehead atoms. The number of rotatable bonds is 6. The number of hydrogen-bond acceptors (Lipinski definition) is 2. The lowest BCUT2D eigenvalue weighted by atomic mass is 9.83. The van der Waals surface area contributed by atoms with Crippen molar-refractivity contribution < 1.29 is 18.0 Å². The molecule has 2 aromatic carbocycles. The average molecular weight is 364 g/mol. The van der Waals surface area contributed by atoms with E-state index in [9.17, 15) is 18.0 Å². The first-order valence-electron chi connectivity index (χ1n) is 8.34. The summed E-state index contributed by atoms with van der Waals surface area (Å²) in [5.74, 6) is -0.235. The third-order valence-corrected chi connectivity index (χ3v) is 4.33. The van der Waals surface area contributed by atoms with E-state index in [1.165, 1.54) is 6.07 Å². The van der Waals surface area contributed by atoms with Crippen molar-refractivity contribution in [2.24, 2.45) is 5.73 Å². The van der Waals surface area contributed by atoms with Crippen LogP contribution in [0, 0.1) is 0 Å². The summed E-state index contributed by atoms with van der Waals surface area (Å²) >= 11 is 0. The summed E-state index contributed by atoms with van der Waals surface area (Å²) in [6, 6.07) is 14.0. The lowest BCUT2D eigenvalue weighted by Gasteiger charge is -2.27. The monoisotopic (exact) mass is 364 g/mol. The predicted molar refractivity (Wildman–Crippen MR) is 95.5 cm³/mol. The molecular weight excluding hydrogens is 341 g/mol. The van der Waals surface area contributed by atoms with Crippen LogP contribution in [0.2, 0.25) is 0 Å². The highest BCUT2D eigenvalue weighted by Gasteiger charge is 2.32. The van der Waals surface area contributed by atoms with Gasteiger partial charge in [0, 0.05) is 24.4 Å². The molecule has 3 nitrogen and oxygen atoms in total. The molecule has 0 aliphatic carbocycles. The third kappa shape index (κ3) is 5.33. The SMILES string of the molecule is CC(C)(CNC(=O)CC(N)c1ccccc1)c1cccc(C(F)(F)F)c1. The van der Waals surface area contributed by atoms with Gasteiger partial charge in [-0.25, -0.2) is 0 Å². The minimum Gasteiger partial charge on any atom is -0.355 e. The van der Waals surface area contributed by atoms with Gasteiger partial charge in [-0.15, -0.1) is 0 Å². The zero-order valence-corrected chi connectivity index (χ0v) is 14.8. The van der Waals surface area contributed by atoms with E-state index in [0.29, 0.717) is 5.56 Å².